The molecule has 2 heterocycles. The molecule has 1 aliphatic rings. The van der Waals surface area contributed by atoms with Crippen molar-refractivity contribution in [2.45, 2.75) is 13.5 Å². The third-order valence-corrected chi connectivity index (χ3v) is 4.42. The van der Waals surface area contributed by atoms with Crippen LogP contribution in [0.5, 0.6) is 5.88 Å². The minimum absolute atomic E-state index is 0.310. The van der Waals surface area contributed by atoms with Gasteiger partial charge in [0.25, 0.3) is 0 Å². The van der Waals surface area contributed by atoms with E-state index in [-0.39, 0.29) is 5.97 Å². The Morgan fingerprint density at radius 2 is 1.96 bits per heavy atom. The number of carbonyl (C=O) groups is 1. The van der Waals surface area contributed by atoms with Crippen molar-refractivity contribution in [2.24, 2.45) is 0 Å². The maximum Gasteiger partial charge on any atom is 0.338 e. The first-order valence-corrected chi connectivity index (χ1v) is 8.98. The number of hydrogen-bond acceptors (Lipinski definition) is 6. The van der Waals surface area contributed by atoms with Crippen molar-refractivity contribution in [1.29, 1.82) is 0 Å². The van der Waals surface area contributed by atoms with Gasteiger partial charge in [-0.05, 0) is 24.1 Å². The molecule has 1 fully saturated rings. The molecular formula is C21H24N2O4. The Bertz CT molecular complexity index is 813. The summed E-state index contributed by atoms with van der Waals surface area (Å²) in [5.74, 6) is 1.07. The van der Waals surface area contributed by atoms with E-state index in [1.807, 2.05) is 49.4 Å². The van der Waals surface area contributed by atoms with Crippen LogP contribution < -0.4 is 9.64 Å². The number of anilines is 1. The Balaban J connectivity index is 1.75. The summed E-state index contributed by atoms with van der Waals surface area (Å²) < 4.78 is 16.2. The fourth-order valence-electron chi connectivity index (χ4n) is 3.01. The van der Waals surface area contributed by atoms with Crippen molar-refractivity contribution in [2.75, 3.05) is 38.3 Å². The van der Waals surface area contributed by atoms with E-state index in [1.54, 1.807) is 6.08 Å². The van der Waals surface area contributed by atoms with E-state index in [0.717, 1.165) is 30.0 Å². The molecule has 1 aromatic carbocycles. The van der Waals surface area contributed by atoms with Gasteiger partial charge in [-0.3, -0.25) is 0 Å². The van der Waals surface area contributed by atoms with Crippen LogP contribution in [0.2, 0.25) is 0 Å². The number of aromatic nitrogens is 1. The van der Waals surface area contributed by atoms with Crippen LogP contribution in [-0.2, 0) is 20.9 Å². The monoisotopic (exact) mass is 368 g/mol. The number of nitrogens with zero attached hydrogens (tertiary/aromatic N) is 2. The van der Waals surface area contributed by atoms with E-state index in [9.17, 15) is 4.79 Å². The molecule has 0 saturated carbocycles. The molecule has 0 spiro atoms. The highest BCUT2D eigenvalue weighted by molar-refractivity contribution is 6.16. The Morgan fingerprint density at radius 1 is 1.19 bits per heavy atom. The largest absolute Gasteiger partial charge is 0.473 e. The van der Waals surface area contributed by atoms with Gasteiger partial charge in [0.2, 0.25) is 5.88 Å². The lowest BCUT2D eigenvalue weighted by Gasteiger charge is -2.27. The maximum atomic E-state index is 12.0. The molecule has 142 valence electrons. The molecule has 0 atom stereocenters. The van der Waals surface area contributed by atoms with Gasteiger partial charge in [-0.1, -0.05) is 36.4 Å². The van der Waals surface area contributed by atoms with Crippen LogP contribution in [0.1, 0.15) is 18.1 Å². The van der Waals surface area contributed by atoms with Gasteiger partial charge in [-0.15, -0.1) is 0 Å². The number of esters is 1. The summed E-state index contributed by atoms with van der Waals surface area (Å²) in [5, 5.41) is 0. The fraction of sp³-hybridized carbons (Fsp3) is 0.333. The second-order valence-corrected chi connectivity index (χ2v) is 6.07. The van der Waals surface area contributed by atoms with Crippen LogP contribution in [0.4, 0.5) is 5.82 Å². The molecular weight excluding hydrogens is 344 g/mol. The average molecular weight is 368 g/mol. The molecule has 0 aliphatic carbocycles. The molecule has 0 amide bonds. The molecule has 1 aliphatic heterocycles. The van der Waals surface area contributed by atoms with Crippen molar-refractivity contribution in [1.82, 2.24) is 4.98 Å². The summed E-state index contributed by atoms with van der Waals surface area (Å²) >= 11 is 0. The molecule has 2 aromatic rings. The highest BCUT2D eigenvalue weighted by Gasteiger charge is 2.16. The van der Waals surface area contributed by atoms with Gasteiger partial charge in [0.05, 0.1) is 25.9 Å². The van der Waals surface area contributed by atoms with Gasteiger partial charge in [0.15, 0.2) is 0 Å². The number of carbonyl (C=O) groups excluding carboxylic acids is 1. The van der Waals surface area contributed by atoms with E-state index in [2.05, 4.69) is 9.88 Å². The number of benzene rings is 1. The van der Waals surface area contributed by atoms with Crippen LogP contribution >= 0.6 is 0 Å². The smallest absolute Gasteiger partial charge is 0.338 e. The fourth-order valence-corrected chi connectivity index (χ4v) is 3.01. The van der Waals surface area contributed by atoms with Gasteiger partial charge < -0.3 is 19.1 Å². The molecule has 1 saturated heterocycles. The SMILES string of the molecule is CC=C(C(=O)OC)c1ccccc1COc1cccc(N2CCOCC2)n1. The second-order valence-electron chi connectivity index (χ2n) is 6.07. The Morgan fingerprint density at radius 3 is 2.70 bits per heavy atom. The highest BCUT2D eigenvalue weighted by atomic mass is 16.5. The van der Waals surface area contributed by atoms with Crippen LogP contribution in [0, 0.1) is 0 Å². The summed E-state index contributed by atoms with van der Waals surface area (Å²) in [6.45, 7) is 5.19. The van der Waals surface area contributed by atoms with E-state index >= 15 is 0 Å². The van der Waals surface area contributed by atoms with E-state index in [1.165, 1.54) is 7.11 Å². The van der Waals surface area contributed by atoms with Crippen molar-refractivity contribution >= 4 is 17.4 Å². The Labute approximate surface area is 159 Å². The van der Waals surface area contributed by atoms with E-state index < -0.39 is 0 Å². The van der Waals surface area contributed by atoms with Gasteiger partial charge in [0.1, 0.15) is 12.4 Å². The van der Waals surface area contributed by atoms with E-state index in [4.69, 9.17) is 14.2 Å². The first-order chi connectivity index (χ1) is 13.2. The van der Waals surface area contributed by atoms with Crippen LogP contribution in [-0.4, -0.2) is 44.4 Å². The molecule has 27 heavy (non-hydrogen) atoms. The minimum Gasteiger partial charge on any atom is -0.473 e. The standard InChI is InChI=1S/C21H24N2O4/c1-3-17(21(24)25-2)18-8-5-4-7-16(18)15-27-20-10-6-9-19(22-20)23-11-13-26-14-12-23/h3-10H,11-15H2,1-2H3. The van der Waals surface area contributed by atoms with Crippen molar-refractivity contribution < 1.29 is 19.0 Å². The van der Waals surface area contributed by atoms with Gasteiger partial charge in [-0.25, -0.2) is 4.79 Å². The zero-order chi connectivity index (χ0) is 19.1. The van der Waals surface area contributed by atoms with Crippen molar-refractivity contribution in [3.8, 4) is 5.88 Å². The first-order valence-electron chi connectivity index (χ1n) is 8.98. The number of ether oxygens (including phenoxy) is 3. The normalized spacial score (nSPS) is 14.7. The molecule has 6 nitrogen and oxygen atoms in total. The Hall–Kier alpha value is -2.86. The van der Waals surface area contributed by atoms with Gasteiger partial charge in [-0.2, -0.15) is 4.98 Å². The summed E-state index contributed by atoms with van der Waals surface area (Å²) in [6.07, 6.45) is 1.75. The number of allylic oxidation sites excluding steroid dienone is 1. The average Bonchev–Trinajstić information content (AvgIpc) is 2.74. The highest BCUT2D eigenvalue weighted by Crippen LogP contribution is 2.23. The summed E-state index contributed by atoms with van der Waals surface area (Å²) in [5.41, 5.74) is 2.22. The molecule has 6 heteroatoms. The number of methoxy groups -OCH3 is 1. The third kappa shape index (κ3) is 4.65. The molecule has 0 bridgehead atoms. The van der Waals surface area contributed by atoms with Crippen LogP contribution in [0.15, 0.2) is 48.5 Å². The zero-order valence-electron chi connectivity index (χ0n) is 15.7. The minimum atomic E-state index is -0.364. The van der Waals surface area contributed by atoms with Crippen LogP contribution in [0.25, 0.3) is 5.57 Å². The molecule has 0 radical (unpaired) electrons. The first kappa shape index (κ1) is 18.9. The summed E-state index contributed by atoms with van der Waals surface area (Å²) in [6, 6.07) is 13.4. The maximum absolute atomic E-state index is 12.0. The number of morpholine rings is 1. The van der Waals surface area contributed by atoms with Crippen molar-refractivity contribution in [3.63, 3.8) is 0 Å². The molecule has 1 aromatic heterocycles. The van der Waals surface area contributed by atoms with Gasteiger partial charge in [0, 0.05) is 19.2 Å². The van der Waals surface area contributed by atoms with Crippen molar-refractivity contribution in [3.05, 3.63) is 59.7 Å². The lowest BCUT2D eigenvalue weighted by Crippen LogP contribution is -2.36. The lowest BCUT2D eigenvalue weighted by atomic mass is 10.00. The zero-order valence-corrected chi connectivity index (χ0v) is 15.7. The van der Waals surface area contributed by atoms with Crippen LogP contribution in [0.3, 0.4) is 0 Å². The topological polar surface area (TPSA) is 60.9 Å². The molecule has 3 rings (SSSR count). The molecule has 0 unspecified atom stereocenters. The number of pyridine rings is 1. The lowest BCUT2D eigenvalue weighted by molar-refractivity contribution is -0.133. The molecule has 0 N–H and O–H groups in total. The van der Waals surface area contributed by atoms with Gasteiger partial charge >= 0.3 is 5.97 Å². The number of rotatable bonds is 6. The quantitative estimate of drug-likeness (QED) is 0.577. The summed E-state index contributed by atoms with van der Waals surface area (Å²) in [4.78, 5) is 18.8. The number of hydrogen-bond donors (Lipinski definition) is 0. The third-order valence-electron chi connectivity index (χ3n) is 4.42. The van der Waals surface area contributed by atoms with E-state index in [0.29, 0.717) is 31.3 Å². The second kappa shape index (κ2) is 9.19. The predicted molar refractivity (Wildman–Crippen MR) is 104 cm³/mol. The Kier molecular flexibility index (Phi) is 6.44. The predicted octanol–water partition coefficient (Wildman–Crippen LogP) is 3.07. The summed E-state index contributed by atoms with van der Waals surface area (Å²) in [7, 11) is 1.38.